The van der Waals surface area contributed by atoms with Crippen LogP contribution in [0.2, 0.25) is 5.02 Å². The molecule has 0 radical (unpaired) electrons. The van der Waals surface area contributed by atoms with Gasteiger partial charge in [-0.3, -0.25) is 4.79 Å². The highest BCUT2D eigenvalue weighted by Crippen LogP contribution is 2.24. The van der Waals surface area contributed by atoms with Crippen LogP contribution in [-0.2, 0) is 0 Å². The van der Waals surface area contributed by atoms with Crippen molar-refractivity contribution in [1.82, 2.24) is 0 Å². The number of ether oxygens (including phenoxy) is 2. The van der Waals surface area contributed by atoms with Crippen molar-refractivity contribution in [3.8, 4) is 11.5 Å². The summed E-state index contributed by atoms with van der Waals surface area (Å²) in [6, 6.07) is 11.0. The lowest BCUT2D eigenvalue weighted by Gasteiger charge is -2.07. The molecule has 0 heterocycles. The fourth-order valence-corrected chi connectivity index (χ4v) is 1.76. The summed E-state index contributed by atoms with van der Waals surface area (Å²) in [5.41, 5.74) is 0.466. The molecule has 0 aliphatic heterocycles. The summed E-state index contributed by atoms with van der Waals surface area (Å²) >= 11 is 5.63. The van der Waals surface area contributed by atoms with Crippen LogP contribution in [0.4, 0.5) is 4.39 Å². The van der Waals surface area contributed by atoms with Gasteiger partial charge in [-0.05, 0) is 36.4 Å². The number of ketones is 1. The third-order valence-corrected chi connectivity index (χ3v) is 2.98. The molecule has 20 heavy (non-hydrogen) atoms. The fraction of sp³-hybridized carbons (Fsp3) is 0.133. The number of carbonyl (C=O) groups excluding carboxylic acids is 1. The molecule has 0 unspecified atom stereocenters. The molecule has 0 amide bonds. The summed E-state index contributed by atoms with van der Waals surface area (Å²) in [6.07, 6.45) is 0. The quantitative estimate of drug-likeness (QED) is 0.788. The summed E-state index contributed by atoms with van der Waals surface area (Å²) in [6.45, 7) is -0.260. The Morgan fingerprint density at radius 1 is 1.20 bits per heavy atom. The van der Waals surface area contributed by atoms with Gasteiger partial charge < -0.3 is 9.47 Å². The van der Waals surface area contributed by atoms with Gasteiger partial charge in [-0.1, -0.05) is 17.7 Å². The lowest BCUT2D eigenvalue weighted by Crippen LogP contribution is -2.12. The maximum Gasteiger partial charge on any atom is 0.200 e. The summed E-state index contributed by atoms with van der Waals surface area (Å²) < 4.78 is 23.7. The Morgan fingerprint density at radius 3 is 2.55 bits per heavy atom. The standard InChI is InChI=1S/C15H12ClFO3/c1-19-11-7-5-10(6-8-11)13(18)9-20-14-4-2-3-12(16)15(14)17/h2-8H,9H2,1H3. The Morgan fingerprint density at radius 2 is 1.90 bits per heavy atom. The zero-order valence-electron chi connectivity index (χ0n) is 10.7. The van der Waals surface area contributed by atoms with E-state index in [1.54, 1.807) is 37.4 Å². The molecule has 104 valence electrons. The monoisotopic (exact) mass is 294 g/mol. The zero-order valence-corrected chi connectivity index (χ0v) is 11.5. The number of hydrogen-bond donors (Lipinski definition) is 0. The first-order valence-electron chi connectivity index (χ1n) is 5.86. The lowest BCUT2D eigenvalue weighted by molar-refractivity contribution is 0.0918. The molecule has 0 fully saturated rings. The third-order valence-electron chi connectivity index (χ3n) is 2.69. The van der Waals surface area contributed by atoms with Gasteiger partial charge in [0.2, 0.25) is 0 Å². The van der Waals surface area contributed by atoms with Gasteiger partial charge in [-0.15, -0.1) is 0 Å². The molecule has 5 heteroatoms. The third kappa shape index (κ3) is 3.27. The van der Waals surface area contributed by atoms with E-state index in [0.717, 1.165) is 0 Å². The number of rotatable bonds is 5. The average Bonchev–Trinajstić information content (AvgIpc) is 2.48. The van der Waals surface area contributed by atoms with E-state index in [0.29, 0.717) is 11.3 Å². The normalized spacial score (nSPS) is 10.2. The zero-order chi connectivity index (χ0) is 14.5. The Labute approximate surface area is 120 Å². The number of carbonyl (C=O) groups is 1. The van der Waals surface area contributed by atoms with Gasteiger partial charge in [-0.2, -0.15) is 0 Å². The van der Waals surface area contributed by atoms with Crippen LogP contribution in [0.15, 0.2) is 42.5 Å². The van der Waals surface area contributed by atoms with Gasteiger partial charge in [0.05, 0.1) is 12.1 Å². The first-order chi connectivity index (χ1) is 9.61. The molecule has 0 bridgehead atoms. The molecule has 0 aromatic heterocycles. The second-order valence-corrected chi connectivity index (χ2v) is 4.40. The fourth-order valence-electron chi connectivity index (χ4n) is 1.60. The number of hydrogen-bond acceptors (Lipinski definition) is 3. The van der Waals surface area contributed by atoms with Gasteiger partial charge in [0.1, 0.15) is 5.75 Å². The van der Waals surface area contributed by atoms with Crippen molar-refractivity contribution in [2.45, 2.75) is 0 Å². The molecule has 2 aromatic carbocycles. The number of methoxy groups -OCH3 is 1. The maximum atomic E-state index is 13.6. The van der Waals surface area contributed by atoms with Gasteiger partial charge in [0.15, 0.2) is 24.0 Å². The molecule has 0 atom stereocenters. The summed E-state index contributed by atoms with van der Waals surface area (Å²) in [5.74, 6) is -0.313. The van der Waals surface area contributed by atoms with Crippen molar-refractivity contribution in [3.05, 3.63) is 58.9 Å². The van der Waals surface area contributed by atoms with Crippen molar-refractivity contribution < 1.29 is 18.7 Å². The van der Waals surface area contributed by atoms with E-state index < -0.39 is 5.82 Å². The van der Waals surface area contributed by atoms with Crippen molar-refractivity contribution >= 4 is 17.4 Å². The topological polar surface area (TPSA) is 35.5 Å². The maximum absolute atomic E-state index is 13.6. The van der Waals surface area contributed by atoms with E-state index in [1.807, 2.05) is 0 Å². The van der Waals surface area contributed by atoms with Gasteiger partial charge >= 0.3 is 0 Å². The highest BCUT2D eigenvalue weighted by molar-refractivity contribution is 6.30. The Balaban J connectivity index is 2.02. The van der Waals surface area contributed by atoms with Crippen LogP contribution in [0.5, 0.6) is 11.5 Å². The van der Waals surface area contributed by atoms with E-state index in [2.05, 4.69) is 0 Å². The lowest BCUT2D eigenvalue weighted by atomic mass is 10.1. The van der Waals surface area contributed by atoms with E-state index in [9.17, 15) is 9.18 Å². The van der Waals surface area contributed by atoms with E-state index in [4.69, 9.17) is 21.1 Å². The Hall–Kier alpha value is -2.07. The predicted molar refractivity (Wildman–Crippen MR) is 74.2 cm³/mol. The van der Waals surface area contributed by atoms with Crippen LogP contribution in [0.1, 0.15) is 10.4 Å². The first-order valence-corrected chi connectivity index (χ1v) is 6.23. The molecule has 0 N–H and O–H groups in total. The molecule has 0 spiro atoms. The molecule has 3 nitrogen and oxygen atoms in total. The summed E-state index contributed by atoms with van der Waals surface area (Å²) in [4.78, 5) is 11.9. The molecule has 2 aromatic rings. The second kappa shape index (κ2) is 6.39. The second-order valence-electron chi connectivity index (χ2n) is 3.99. The van der Waals surface area contributed by atoms with Gasteiger partial charge in [0, 0.05) is 5.56 Å². The average molecular weight is 295 g/mol. The van der Waals surface area contributed by atoms with E-state index in [1.165, 1.54) is 12.1 Å². The predicted octanol–water partition coefficient (Wildman–Crippen LogP) is 3.75. The summed E-state index contributed by atoms with van der Waals surface area (Å²) in [7, 11) is 1.54. The smallest absolute Gasteiger partial charge is 0.200 e. The van der Waals surface area contributed by atoms with E-state index in [-0.39, 0.29) is 23.2 Å². The van der Waals surface area contributed by atoms with Crippen molar-refractivity contribution in [2.24, 2.45) is 0 Å². The Kier molecular flexibility index (Phi) is 4.58. The Bertz CT molecular complexity index is 611. The van der Waals surface area contributed by atoms with Crippen LogP contribution in [0, 0.1) is 5.82 Å². The van der Waals surface area contributed by atoms with Crippen LogP contribution in [-0.4, -0.2) is 19.5 Å². The first kappa shape index (κ1) is 14.3. The highest BCUT2D eigenvalue weighted by Gasteiger charge is 2.11. The molecular formula is C15H12ClFO3. The SMILES string of the molecule is COc1ccc(C(=O)COc2cccc(Cl)c2F)cc1. The summed E-state index contributed by atoms with van der Waals surface area (Å²) in [5, 5.41) is -0.0422. The largest absolute Gasteiger partial charge is 0.497 e. The molecule has 0 aliphatic rings. The number of halogens is 2. The molecule has 0 aliphatic carbocycles. The minimum absolute atomic E-state index is 0.0422. The van der Waals surface area contributed by atoms with Gasteiger partial charge in [-0.25, -0.2) is 4.39 Å². The van der Waals surface area contributed by atoms with Crippen LogP contribution >= 0.6 is 11.6 Å². The van der Waals surface area contributed by atoms with Crippen LogP contribution in [0.25, 0.3) is 0 Å². The van der Waals surface area contributed by atoms with Crippen LogP contribution < -0.4 is 9.47 Å². The number of benzene rings is 2. The minimum Gasteiger partial charge on any atom is -0.497 e. The van der Waals surface area contributed by atoms with Gasteiger partial charge in [0.25, 0.3) is 0 Å². The van der Waals surface area contributed by atoms with Crippen molar-refractivity contribution in [1.29, 1.82) is 0 Å². The molecular weight excluding hydrogens is 283 g/mol. The number of Topliss-reactive ketones (excluding diaryl/α,β-unsaturated/α-hetero) is 1. The molecule has 0 saturated carbocycles. The van der Waals surface area contributed by atoms with Crippen LogP contribution in [0.3, 0.4) is 0 Å². The van der Waals surface area contributed by atoms with Crippen molar-refractivity contribution in [2.75, 3.05) is 13.7 Å². The molecule has 2 rings (SSSR count). The van der Waals surface area contributed by atoms with E-state index >= 15 is 0 Å². The van der Waals surface area contributed by atoms with Crippen molar-refractivity contribution in [3.63, 3.8) is 0 Å². The highest BCUT2D eigenvalue weighted by atomic mass is 35.5. The molecule has 0 saturated heterocycles. The minimum atomic E-state index is -0.670.